The molecule has 2 fully saturated rings. The Morgan fingerprint density at radius 1 is 1.23 bits per heavy atom. The van der Waals surface area contributed by atoms with Gasteiger partial charge in [-0.2, -0.15) is 0 Å². The van der Waals surface area contributed by atoms with Crippen LogP contribution in [0.15, 0.2) is 36.9 Å². The first-order valence-electron chi connectivity index (χ1n) is 8.35. The average Bonchev–Trinajstić information content (AvgIpc) is 3.16. The molecule has 1 atom stereocenters. The van der Waals surface area contributed by atoms with Crippen molar-refractivity contribution in [2.24, 2.45) is 11.3 Å². The van der Waals surface area contributed by atoms with E-state index < -0.39 is 6.10 Å². The van der Waals surface area contributed by atoms with E-state index in [1.807, 2.05) is 18.3 Å². The minimum absolute atomic E-state index is 0.693. The zero-order chi connectivity index (χ0) is 15.0. The van der Waals surface area contributed by atoms with Crippen LogP contribution in [0, 0.1) is 11.3 Å². The molecule has 1 N–H and O–H groups in total. The molecule has 1 unspecified atom stereocenters. The molecule has 116 valence electrons. The second kappa shape index (κ2) is 5.51. The highest BCUT2D eigenvalue weighted by Crippen LogP contribution is 2.57. The summed E-state index contributed by atoms with van der Waals surface area (Å²) in [5.41, 5.74) is 1.54. The van der Waals surface area contributed by atoms with Crippen LogP contribution in [0.4, 0.5) is 0 Å². The highest BCUT2D eigenvalue weighted by molar-refractivity contribution is 5.19. The molecule has 2 aromatic heterocycles. The summed E-state index contributed by atoms with van der Waals surface area (Å²) in [6, 6.07) is 3.75. The van der Waals surface area contributed by atoms with Gasteiger partial charge in [-0.3, -0.25) is 4.98 Å². The van der Waals surface area contributed by atoms with Crippen molar-refractivity contribution in [3.63, 3.8) is 0 Å². The van der Waals surface area contributed by atoms with Crippen molar-refractivity contribution >= 4 is 0 Å². The Bertz CT molecular complexity index is 623. The number of aromatic nitrogens is 3. The fraction of sp³-hybridized carbons (Fsp3) is 0.556. The average molecular weight is 297 g/mol. The van der Waals surface area contributed by atoms with E-state index in [9.17, 15) is 5.11 Å². The molecule has 4 nitrogen and oxygen atoms in total. The van der Waals surface area contributed by atoms with Crippen molar-refractivity contribution < 1.29 is 5.11 Å². The summed E-state index contributed by atoms with van der Waals surface area (Å²) in [6.07, 6.45) is 14.9. The molecule has 2 heterocycles. The molecule has 0 saturated heterocycles. The van der Waals surface area contributed by atoms with Gasteiger partial charge in [0.15, 0.2) is 0 Å². The molecule has 2 aliphatic rings. The van der Waals surface area contributed by atoms with E-state index in [-0.39, 0.29) is 0 Å². The molecule has 0 aliphatic heterocycles. The molecule has 2 aliphatic carbocycles. The lowest BCUT2D eigenvalue weighted by Crippen LogP contribution is -2.21. The van der Waals surface area contributed by atoms with Gasteiger partial charge in [-0.1, -0.05) is 6.07 Å². The predicted octanol–water partition coefficient (Wildman–Crippen LogP) is 3.33. The molecular formula is C18H23N3O. The van der Waals surface area contributed by atoms with Crippen molar-refractivity contribution in [3.8, 4) is 0 Å². The van der Waals surface area contributed by atoms with Crippen molar-refractivity contribution in [2.75, 3.05) is 0 Å². The van der Waals surface area contributed by atoms with Crippen LogP contribution < -0.4 is 0 Å². The summed E-state index contributed by atoms with van der Waals surface area (Å²) in [6.45, 7) is 0.975. The summed E-state index contributed by atoms with van der Waals surface area (Å²) in [7, 11) is 0. The van der Waals surface area contributed by atoms with Gasteiger partial charge in [-0.25, -0.2) is 4.98 Å². The number of hydrogen-bond acceptors (Lipinski definition) is 3. The van der Waals surface area contributed by atoms with Crippen LogP contribution in [0.2, 0.25) is 0 Å². The van der Waals surface area contributed by atoms with Crippen LogP contribution in [-0.2, 0) is 6.54 Å². The van der Waals surface area contributed by atoms with Crippen molar-refractivity contribution in [1.29, 1.82) is 0 Å². The maximum atomic E-state index is 10.6. The van der Waals surface area contributed by atoms with Gasteiger partial charge < -0.3 is 9.67 Å². The van der Waals surface area contributed by atoms with Crippen molar-refractivity contribution in [1.82, 2.24) is 14.5 Å². The topological polar surface area (TPSA) is 50.9 Å². The lowest BCUT2D eigenvalue weighted by molar-refractivity contribution is 0.193. The Labute approximate surface area is 131 Å². The highest BCUT2D eigenvalue weighted by Gasteiger charge is 2.44. The minimum Gasteiger partial charge on any atom is -0.380 e. The van der Waals surface area contributed by atoms with Gasteiger partial charge in [0.25, 0.3) is 0 Å². The first-order valence-corrected chi connectivity index (χ1v) is 8.35. The molecule has 4 heteroatoms. The van der Waals surface area contributed by atoms with Gasteiger partial charge >= 0.3 is 0 Å². The van der Waals surface area contributed by atoms with Crippen LogP contribution in [0.3, 0.4) is 0 Å². The molecule has 1 spiro atoms. The third-order valence-electron chi connectivity index (χ3n) is 5.57. The molecular weight excluding hydrogens is 274 g/mol. The fourth-order valence-electron chi connectivity index (χ4n) is 3.84. The van der Waals surface area contributed by atoms with E-state index in [1.165, 1.54) is 38.5 Å². The molecule has 0 amide bonds. The van der Waals surface area contributed by atoms with Gasteiger partial charge in [0.05, 0.1) is 0 Å². The maximum absolute atomic E-state index is 10.6. The van der Waals surface area contributed by atoms with Gasteiger partial charge in [-0.05, 0) is 55.9 Å². The van der Waals surface area contributed by atoms with E-state index in [4.69, 9.17) is 0 Å². The van der Waals surface area contributed by atoms with Gasteiger partial charge in [0.1, 0.15) is 11.9 Å². The third-order valence-corrected chi connectivity index (χ3v) is 5.57. The lowest BCUT2D eigenvalue weighted by Gasteiger charge is -2.29. The molecule has 0 aromatic carbocycles. The lowest BCUT2D eigenvalue weighted by atomic mass is 9.80. The predicted molar refractivity (Wildman–Crippen MR) is 84.2 cm³/mol. The molecule has 4 rings (SSSR count). The summed E-state index contributed by atoms with van der Waals surface area (Å²) in [4.78, 5) is 8.47. The van der Waals surface area contributed by atoms with Gasteiger partial charge in [0.2, 0.25) is 0 Å². The number of aliphatic hydroxyl groups is 1. The molecule has 0 bridgehead atoms. The van der Waals surface area contributed by atoms with Crippen LogP contribution >= 0.6 is 0 Å². The van der Waals surface area contributed by atoms with Crippen LogP contribution in [0.25, 0.3) is 0 Å². The number of rotatable bonds is 4. The number of nitrogens with zero attached hydrogens (tertiary/aromatic N) is 3. The summed E-state index contributed by atoms with van der Waals surface area (Å²) >= 11 is 0. The quantitative estimate of drug-likeness (QED) is 0.941. The van der Waals surface area contributed by atoms with E-state index in [0.717, 1.165) is 29.3 Å². The van der Waals surface area contributed by atoms with E-state index in [0.29, 0.717) is 0 Å². The summed E-state index contributed by atoms with van der Waals surface area (Å²) in [5, 5.41) is 10.6. The second-order valence-electron chi connectivity index (χ2n) is 7.07. The zero-order valence-corrected chi connectivity index (χ0v) is 12.9. The SMILES string of the molecule is OC(c1cccnc1)c1nccn1CC1CCC2(CC1)CC2. The maximum Gasteiger partial charge on any atom is 0.142 e. The summed E-state index contributed by atoms with van der Waals surface area (Å²) < 4.78 is 2.13. The molecule has 2 saturated carbocycles. The Morgan fingerprint density at radius 3 is 2.73 bits per heavy atom. The molecule has 0 radical (unpaired) electrons. The third kappa shape index (κ3) is 2.68. The number of pyridine rings is 1. The normalized spacial score (nSPS) is 21.9. The van der Waals surface area contributed by atoms with E-state index >= 15 is 0 Å². The van der Waals surface area contributed by atoms with Crippen LogP contribution in [0.5, 0.6) is 0 Å². The Kier molecular flexibility index (Phi) is 3.49. The van der Waals surface area contributed by atoms with E-state index in [1.54, 1.807) is 18.6 Å². The molecule has 22 heavy (non-hydrogen) atoms. The number of imidazole rings is 1. The van der Waals surface area contributed by atoms with Gasteiger partial charge in [0, 0.05) is 36.9 Å². The standard InChI is InChI=1S/C18H23N3O/c22-16(15-2-1-9-19-12-15)17-20-10-11-21(17)13-14-3-5-18(6-4-14)7-8-18/h1-2,9-12,14,16,22H,3-8,13H2. The first-order chi connectivity index (χ1) is 10.8. The van der Waals surface area contributed by atoms with Crippen molar-refractivity contribution in [2.45, 2.75) is 51.2 Å². The number of hydrogen-bond donors (Lipinski definition) is 1. The second-order valence-corrected chi connectivity index (χ2v) is 7.07. The van der Waals surface area contributed by atoms with Crippen LogP contribution in [-0.4, -0.2) is 19.6 Å². The summed E-state index contributed by atoms with van der Waals surface area (Å²) in [5.74, 6) is 1.46. The smallest absolute Gasteiger partial charge is 0.142 e. The largest absolute Gasteiger partial charge is 0.380 e. The first kappa shape index (κ1) is 13.9. The Morgan fingerprint density at radius 2 is 2.05 bits per heavy atom. The van der Waals surface area contributed by atoms with Gasteiger partial charge in [-0.15, -0.1) is 0 Å². The Balaban J connectivity index is 1.46. The Hall–Kier alpha value is -1.68. The number of aliphatic hydroxyl groups excluding tert-OH is 1. The van der Waals surface area contributed by atoms with Crippen molar-refractivity contribution in [3.05, 3.63) is 48.3 Å². The fourth-order valence-corrected chi connectivity index (χ4v) is 3.84. The minimum atomic E-state index is -0.693. The van der Waals surface area contributed by atoms with Crippen LogP contribution in [0.1, 0.15) is 56.0 Å². The zero-order valence-electron chi connectivity index (χ0n) is 12.9. The molecule has 2 aromatic rings. The highest BCUT2D eigenvalue weighted by atomic mass is 16.3. The monoisotopic (exact) mass is 297 g/mol. The van der Waals surface area contributed by atoms with E-state index in [2.05, 4.69) is 14.5 Å².